The summed E-state index contributed by atoms with van der Waals surface area (Å²) in [6.45, 7) is 16.1. The minimum atomic E-state index is 0.328. The molecule has 0 atom stereocenters. The molecule has 0 aliphatic rings. The average molecular weight is 205 g/mol. The van der Waals surface area contributed by atoms with E-state index < -0.39 is 0 Å². The Bertz CT molecular complexity index is 274. The van der Waals surface area contributed by atoms with Crippen LogP contribution in [-0.4, -0.2) is 0 Å². The Labute approximate surface area is 94.3 Å². The maximum atomic E-state index is 3.70. The van der Waals surface area contributed by atoms with Crippen molar-refractivity contribution in [3.63, 3.8) is 0 Å². The van der Waals surface area contributed by atoms with Crippen molar-refractivity contribution < 1.29 is 0 Å². The average Bonchev–Trinajstić information content (AvgIpc) is 2.13. The van der Waals surface area contributed by atoms with Crippen molar-refractivity contribution in [1.29, 1.82) is 0 Å². The SMILES string of the molecule is C=C/C=C(NC=C)\C(C)=C/CC(C)(C)C. The van der Waals surface area contributed by atoms with E-state index in [1.807, 2.05) is 6.08 Å². The number of hydrogen-bond donors (Lipinski definition) is 1. The van der Waals surface area contributed by atoms with Gasteiger partial charge in [0.2, 0.25) is 0 Å². The number of hydrogen-bond acceptors (Lipinski definition) is 1. The van der Waals surface area contributed by atoms with E-state index in [4.69, 9.17) is 0 Å². The van der Waals surface area contributed by atoms with E-state index in [-0.39, 0.29) is 0 Å². The van der Waals surface area contributed by atoms with E-state index >= 15 is 0 Å². The van der Waals surface area contributed by atoms with Gasteiger partial charge in [-0.2, -0.15) is 0 Å². The zero-order chi connectivity index (χ0) is 11.9. The first-order valence-electron chi connectivity index (χ1n) is 5.28. The maximum Gasteiger partial charge on any atom is 0.0405 e. The van der Waals surface area contributed by atoms with E-state index in [9.17, 15) is 0 Å². The number of rotatable bonds is 5. The molecular formula is C14H23N. The lowest BCUT2D eigenvalue weighted by molar-refractivity contribution is 0.419. The first kappa shape index (κ1) is 13.8. The number of allylic oxidation sites excluding steroid dienone is 4. The number of nitrogens with one attached hydrogen (secondary N) is 1. The standard InChI is InChI=1S/C14H23N/c1-7-9-13(15-8-2)12(3)10-11-14(4,5)6/h7-10,15H,1-2,11H2,3-6H3/b12-10-,13-9+. The summed E-state index contributed by atoms with van der Waals surface area (Å²) in [6, 6.07) is 0. The molecule has 0 heterocycles. The molecule has 1 nitrogen and oxygen atoms in total. The Hall–Kier alpha value is -1.24. The Balaban J connectivity index is 4.63. The smallest absolute Gasteiger partial charge is 0.0405 e. The summed E-state index contributed by atoms with van der Waals surface area (Å²) >= 11 is 0. The molecule has 0 aliphatic heterocycles. The summed E-state index contributed by atoms with van der Waals surface area (Å²) < 4.78 is 0. The van der Waals surface area contributed by atoms with Crippen molar-refractivity contribution >= 4 is 0 Å². The van der Waals surface area contributed by atoms with Crippen LogP contribution in [0.15, 0.2) is 48.9 Å². The molecule has 1 N–H and O–H groups in total. The molecule has 0 amide bonds. The Morgan fingerprint density at radius 1 is 1.27 bits per heavy atom. The van der Waals surface area contributed by atoms with Gasteiger partial charge in [0, 0.05) is 5.70 Å². The summed E-state index contributed by atoms with van der Waals surface area (Å²) in [5.74, 6) is 0. The van der Waals surface area contributed by atoms with Gasteiger partial charge in [0.05, 0.1) is 0 Å². The molecule has 0 aromatic rings. The van der Waals surface area contributed by atoms with Crippen molar-refractivity contribution in [1.82, 2.24) is 5.32 Å². The lowest BCUT2D eigenvalue weighted by atomic mass is 9.91. The van der Waals surface area contributed by atoms with Crippen LogP contribution in [0, 0.1) is 5.41 Å². The van der Waals surface area contributed by atoms with Crippen LogP contribution in [0.2, 0.25) is 0 Å². The van der Waals surface area contributed by atoms with Gasteiger partial charge in [0.25, 0.3) is 0 Å². The van der Waals surface area contributed by atoms with Crippen LogP contribution in [0.1, 0.15) is 34.1 Å². The van der Waals surface area contributed by atoms with Crippen molar-refractivity contribution in [3.05, 3.63) is 48.9 Å². The summed E-state index contributed by atoms with van der Waals surface area (Å²) in [5, 5.41) is 3.11. The lowest BCUT2D eigenvalue weighted by Crippen LogP contribution is -2.07. The lowest BCUT2D eigenvalue weighted by Gasteiger charge is -2.16. The van der Waals surface area contributed by atoms with E-state index in [2.05, 4.69) is 52.2 Å². The second-order valence-electron chi connectivity index (χ2n) is 4.82. The molecule has 0 rings (SSSR count). The Morgan fingerprint density at radius 2 is 1.87 bits per heavy atom. The molecular weight excluding hydrogens is 182 g/mol. The van der Waals surface area contributed by atoms with Crippen molar-refractivity contribution in [3.8, 4) is 0 Å². The molecule has 15 heavy (non-hydrogen) atoms. The molecule has 0 saturated carbocycles. The molecule has 0 radical (unpaired) electrons. The predicted molar refractivity (Wildman–Crippen MR) is 69.4 cm³/mol. The second kappa shape index (κ2) is 6.28. The molecule has 0 unspecified atom stereocenters. The molecule has 0 aliphatic carbocycles. The van der Waals surface area contributed by atoms with Gasteiger partial charge in [-0.3, -0.25) is 0 Å². The fourth-order valence-electron chi connectivity index (χ4n) is 1.09. The Morgan fingerprint density at radius 3 is 2.27 bits per heavy atom. The van der Waals surface area contributed by atoms with Crippen LogP contribution >= 0.6 is 0 Å². The normalized spacial score (nSPS) is 13.6. The second-order valence-corrected chi connectivity index (χ2v) is 4.82. The summed E-state index contributed by atoms with van der Waals surface area (Å²) in [7, 11) is 0. The van der Waals surface area contributed by atoms with E-state index in [1.54, 1.807) is 12.3 Å². The van der Waals surface area contributed by atoms with Crippen LogP contribution in [0.25, 0.3) is 0 Å². The fraction of sp³-hybridized carbons (Fsp3) is 0.429. The van der Waals surface area contributed by atoms with Crippen LogP contribution < -0.4 is 5.32 Å². The molecule has 0 bridgehead atoms. The molecule has 0 saturated heterocycles. The third-order valence-electron chi connectivity index (χ3n) is 1.99. The monoisotopic (exact) mass is 205 g/mol. The van der Waals surface area contributed by atoms with Crippen molar-refractivity contribution in [2.75, 3.05) is 0 Å². The highest BCUT2D eigenvalue weighted by atomic mass is 14.8. The minimum Gasteiger partial charge on any atom is -0.362 e. The first-order chi connectivity index (χ1) is 6.90. The van der Waals surface area contributed by atoms with Gasteiger partial charge < -0.3 is 5.32 Å². The van der Waals surface area contributed by atoms with Gasteiger partial charge in [-0.05, 0) is 36.6 Å². The third kappa shape index (κ3) is 6.78. The topological polar surface area (TPSA) is 12.0 Å². The van der Waals surface area contributed by atoms with Crippen molar-refractivity contribution in [2.24, 2.45) is 5.41 Å². The van der Waals surface area contributed by atoms with Gasteiger partial charge >= 0.3 is 0 Å². The highest BCUT2D eigenvalue weighted by Crippen LogP contribution is 2.21. The highest BCUT2D eigenvalue weighted by molar-refractivity contribution is 5.31. The molecule has 0 aromatic carbocycles. The van der Waals surface area contributed by atoms with Crippen LogP contribution in [-0.2, 0) is 0 Å². The minimum absolute atomic E-state index is 0.328. The first-order valence-corrected chi connectivity index (χ1v) is 5.28. The van der Waals surface area contributed by atoms with E-state index in [0.29, 0.717) is 5.41 Å². The Kier molecular flexibility index (Phi) is 5.76. The van der Waals surface area contributed by atoms with Crippen LogP contribution in [0.3, 0.4) is 0 Å². The van der Waals surface area contributed by atoms with Crippen LogP contribution in [0.4, 0.5) is 0 Å². The summed E-state index contributed by atoms with van der Waals surface area (Å²) in [4.78, 5) is 0. The zero-order valence-corrected chi connectivity index (χ0v) is 10.4. The third-order valence-corrected chi connectivity index (χ3v) is 1.99. The maximum absolute atomic E-state index is 3.70. The summed E-state index contributed by atoms with van der Waals surface area (Å²) in [5.41, 5.74) is 2.61. The van der Waals surface area contributed by atoms with Gasteiger partial charge in [-0.1, -0.05) is 46.1 Å². The van der Waals surface area contributed by atoms with Gasteiger partial charge in [0.1, 0.15) is 0 Å². The molecule has 1 heteroatoms. The van der Waals surface area contributed by atoms with E-state index in [0.717, 1.165) is 12.1 Å². The summed E-state index contributed by atoms with van der Waals surface area (Å²) in [6.07, 6.45) is 8.72. The van der Waals surface area contributed by atoms with Gasteiger partial charge in [-0.25, -0.2) is 0 Å². The molecule has 0 spiro atoms. The fourth-order valence-corrected chi connectivity index (χ4v) is 1.09. The predicted octanol–water partition coefficient (Wildman–Crippen LogP) is 4.17. The van der Waals surface area contributed by atoms with Gasteiger partial charge in [-0.15, -0.1) is 0 Å². The largest absolute Gasteiger partial charge is 0.362 e. The van der Waals surface area contributed by atoms with Gasteiger partial charge in [0.15, 0.2) is 0 Å². The zero-order valence-electron chi connectivity index (χ0n) is 10.4. The molecule has 84 valence electrons. The molecule has 0 fully saturated rings. The van der Waals surface area contributed by atoms with Crippen LogP contribution in [0.5, 0.6) is 0 Å². The molecule has 0 aromatic heterocycles. The highest BCUT2D eigenvalue weighted by Gasteiger charge is 2.08. The van der Waals surface area contributed by atoms with Crippen molar-refractivity contribution in [2.45, 2.75) is 34.1 Å². The quantitative estimate of drug-likeness (QED) is 0.664. The van der Waals surface area contributed by atoms with E-state index in [1.165, 1.54) is 5.57 Å².